The van der Waals surface area contributed by atoms with Crippen LogP contribution in [-0.2, 0) is 46.6 Å². The Morgan fingerprint density at radius 3 is 1.59 bits per heavy atom. The molecular formula is C49H80O17P2. The molecular weight excluding hydrogens is 922 g/mol. The van der Waals surface area contributed by atoms with Gasteiger partial charge in [0, 0.05) is 19.3 Å². The molecule has 0 heterocycles. The van der Waals surface area contributed by atoms with Gasteiger partial charge >= 0.3 is 27.6 Å². The van der Waals surface area contributed by atoms with Gasteiger partial charge < -0.3 is 44.6 Å². The first-order valence-corrected chi connectivity index (χ1v) is 27.1. The third kappa shape index (κ3) is 32.6. The summed E-state index contributed by atoms with van der Waals surface area (Å²) in [5.41, 5.74) is 0. The molecule has 388 valence electrons. The Morgan fingerprint density at radius 2 is 1.00 bits per heavy atom. The number of aliphatic hydroxyl groups excluding tert-OH is 4. The Balaban J connectivity index is 2.72. The van der Waals surface area contributed by atoms with Crippen LogP contribution in [0.15, 0.2) is 85.1 Å². The summed E-state index contributed by atoms with van der Waals surface area (Å²) < 4.78 is 49.1. The van der Waals surface area contributed by atoms with Crippen molar-refractivity contribution >= 4 is 33.4 Å². The molecule has 17 nitrogen and oxygen atoms in total. The van der Waals surface area contributed by atoms with Gasteiger partial charge in [-0.25, -0.2) is 9.13 Å². The van der Waals surface area contributed by atoms with Crippen molar-refractivity contribution in [2.45, 2.75) is 191 Å². The van der Waals surface area contributed by atoms with E-state index in [1.165, 1.54) is 63.9 Å². The highest BCUT2D eigenvalue weighted by Gasteiger charge is 2.54. The zero-order valence-corrected chi connectivity index (χ0v) is 41.8. The average Bonchev–Trinajstić information content (AvgIpc) is 3.29. The number of carbonyl (C=O) groups is 3. The van der Waals surface area contributed by atoms with Crippen LogP contribution in [0.25, 0.3) is 0 Å². The largest absolute Gasteiger partial charge is 0.472 e. The average molecular weight is 1000 g/mol. The first kappa shape index (κ1) is 62.9. The van der Waals surface area contributed by atoms with Gasteiger partial charge in [-0.3, -0.25) is 28.0 Å². The van der Waals surface area contributed by atoms with Gasteiger partial charge in [-0.15, -0.1) is 0 Å². The number of ether oxygens (including phenoxy) is 2. The van der Waals surface area contributed by atoms with Crippen LogP contribution in [0.3, 0.4) is 0 Å². The van der Waals surface area contributed by atoms with E-state index < -0.39 is 83.5 Å². The minimum absolute atomic E-state index is 0.000514. The zero-order valence-electron chi connectivity index (χ0n) is 40.0. The second-order valence-corrected chi connectivity index (χ2v) is 19.1. The molecule has 0 aliphatic heterocycles. The fourth-order valence-electron chi connectivity index (χ4n) is 6.64. The lowest BCUT2D eigenvalue weighted by Gasteiger charge is -2.43. The molecule has 0 aromatic rings. The Bertz CT molecular complexity index is 1700. The maximum absolute atomic E-state index is 13.0. The molecule has 1 aliphatic rings. The third-order valence-corrected chi connectivity index (χ3v) is 11.9. The second-order valence-electron chi connectivity index (χ2n) is 16.5. The summed E-state index contributed by atoms with van der Waals surface area (Å²) in [5, 5.41) is 41.2. The van der Waals surface area contributed by atoms with Crippen molar-refractivity contribution < 1.29 is 81.7 Å². The molecule has 0 aromatic heterocycles. The van der Waals surface area contributed by atoms with Gasteiger partial charge in [0.2, 0.25) is 0 Å². The molecule has 1 fully saturated rings. The molecule has 1 saturated carbocycles. The van der Waals surface area contributed by atoms with Crippen molar-refractivity contribution in [3.63, 3.8) is 0 Å². The van der Waals surface area contributed by atoms with E-state index in [1.807, 2.05) is 24.3 Å². The molecule has 0 bridgehead atoms. The summed E-state index contributed by atoms with van der Waals surface area (Å²) >= 11 is 0. The number of phosphoric acid groups is 2. The molecule has 1 aliphatic carbocycles. The zero-order chi connectivity index (χ0) is 50.5. The van der Waals surface area contributed by atoms with Crippen molar-refractivity contribution in [1.29, 1.82) is 0 Å². The molecule has 0 saturated heterocycles. The van der Waals surface area contributed by atoms with Crippen molar-refractivity contribution in [3.05, 3.63) is 85.1 Å². The van der Waals surface area contributed by atoms with Gasteiger partial charge in [0.25, 0.3) is 0 Å². The molecule has 19 heteroatoms. The van der Waals surface area contributed by atoms with Crippen LogP contribution in [0, 0.1) is 0 Å². The van der Waals surface area contributed by atoms with Crippen molar-refractivity contribution in [2.24, 2.45) is 0 Å². The maximum Gasteiger partial charge on any atom is 0.472 e. The van der Waals surface area contributed by atoms with Gasteiger partial charge in [0.15, 0.2) is 11.9 Å². The van der Waals surface area contributed by atoms with Crippen LogP contribution in [0.5, 0.6) is 0 Å². The molecule has 68 heavy (non-hydrogen) atoms. The number of phosphoric ester groups is 2. The van der Waals surface area contributed by atoms with Gasteiger partial charge in [-0.2, -0.15) is 0 Å². The number of esters is 2. The van der Waals surface area contributed by atoms with Crippen LogP contribution in [0.2, 0.25) is 0 Å². The van der Waals surface area contributed by atoms with Crippen LogP contribution in [0.4, 0.5) is 0 Å². The number of aliphatic hydroxyl groups is 4. The number of ketones is 1. The summed E-state index contributed by atoms with van der Waals surface area (Å²) in [5.74, 6) is -1.77. The predicted molar refractivity (Wildman–Crippen MR) is 260 cm³/mol. The van der Waals surface area contributed by atoms with Gasteiger partial charge in [-0.1, -0.05) is 138 Å². The Morgan fingerprint density at radius 1 is 0.515 bits per heavy atom. The van der Waals surface area contributed by atoms with E-state index >= 15 is 0 Å². The molecule has 0 radical (unpaired) electrons. The second kappa shape index (κ2) is 38.6. The molecule has 7 N–H and O–H groups in total. The third-order valence-electron chi connectivity index (χ3n) is 10.4. The number of hydrogen-bond donors (Lipinski definition) is 7. The highest BCUT2D eigenvalue weighted by Crippen LogP contribution is 2.49. The monoisotopic (exact) mass is 1000 g/mol. The van der Waals surface area contributed by atoms with Crippen molar-refractivity contribution in [1.82, 2.24) is 0 Å². The summed E-state index contributed by atoms with van der Waals surface area (Å²) in [6, 6.07) is 0. The Labute approximate surface area is 403 Å². The van der Waals surface area contributed by atoms with Gasteiger partial charge in [0.05, 0.1) is 6.61 Å². The smallest absolute Gasteiger partial charge is 0.462 e. The number of rotatable bonds is 39. The van der Waals surface area contributed by atoms with Crippen LogP contribution >= 0.6 is 15.6 Å². The molecule has 8 atom stereocenters. The fourth-order valence-corrected chi connectivity index (χ4v) is 8.18. The lowest BCUT2D eigenvalue weighted by Crippen LogP contribution is -2.64. The highest BCUT2D eigenvalue weighted by molar-refractivity contribution is 7.47. The topological polar surface area (TPSA) is 273 Å². The quantitative estimate of drug-likeness (QED) is 0.00758. The maximum atomic E-state index is 13.0. The SMILES string of the molecule is CCCCC/C=C\C/C=C\C/C=C\C=C\C(=O)CCCC(=O)O[C@H](COC(=O)CCC/C=C\C/C=C\C/C=C\CCCCCCCC)COP(=O)(O)O[C@H]1C(O)C(O)C(O)[C@@H](OP(=O)(O)O)C1O. The standard InChI is InChI=1S/C49H80O17P2/c1-3-5-7-9-11-13-15-17-18-19-20-22-24-26-28-30-32-36-42(51)62-38-41(39-63-68(60,61)66-49-46(55)44(53)45(54)48(47(49)56)65-67(57,58)59)64-43(52)37-33-35-40(50)34-31-29-27-25-23-21-16-14-12-10-8-6-4-2/h12,14,17-18,20-23,26-29,31,34,41,44-49,53-56H,3-11,13,15-16,19,24-25,30,32-33,35-39H2,1-2H3,(H,60,61)(H2,57,58,59)/b14-12-,18-17-,22-20-,23-21-,28-26-,29-27-,34-31+/t41-,44?,45?,46?,47?,48-,49+/m1/s1. The van der Waals surface area contributed by atoms with Crippen molar-refractivity contribution in [3.8, 4) is 0 Å². The number of hydrogen-bond acceptors (Lipinski definition) is 14. The van der Waals surface area contributed by atoms with Crippen LogP contribution < -0.4 is 0 Å². The Hall–Kier alpha value is -3.15. The van der Waals surface area contributed by atoms with Crippen molar-refractivity contribution in [2.75, 3.05) is 13.2 Å². The first-order chi connectivity index (χ1) is 32.5. The van der Waals surface area contributed by atoms with E-state index in [0.29, 0.717) is 19.3 Å². The summed E-state index contributed by atoms with van der Waals surface area (Å²) in [4.78, 5) is 66.6. The number of allylic oxidation sites excluding steroid dienone is 14. The van der Waals surface area contributed by atoms with E-state index in [4.69, 9.17) is 18.5 Å². The minimum Gasteiger partial charge on any atom is -0.462 e. The molecule has 5 unspecified atom stereocenters. The minimum atomic E-state index is -5.40. The highest BCUT2D eigenvalue weighted by atomic mass is 31.2. The predicted octanol–water partition coefficient (Wildman–Crippen LogP) is 8.57. The molecule has 0 amide bonds. The van der Waals surface area contributed by atoms with Gasteiger partial charge in [0.1, 0.15) is 43.2 Å². The van der Waals surface area contributed by atoms with E-state index in [-0.39, 0.29) is 31.5 Å². The lowest BCUT2D eigenvalue weighted by molar-refractivity contribution is -0.216. The summed E-state index contributed by atoms with van der Waals surface area (Å²) in [6.07, 6.45) is 29.8. The van der Waals surface area contributed by atoms with E-state index in [2.05, 4.69) is 60.9 Å². The number of carbonyl (C=O) groups excluding carboxylic acids is 3. The fraction of sp³-hybridized carbons (Fsp3) is 0.653. The van der Waals surface area contributed by atoms with E-state index in [9.17, 15) is 58.6 Å². The van der Waals surface area contributed by atoms with E-state index in [0.717, 1.165) is 32.1 Å². The number of unbranched alkanes of at least 4 members (excludes halogenated alkanes) is 10. The molecule has 0 spiro atoms. The first-order valence-electron chi connectivity index (χ1n) is 24.1. The van der Waals surface area contributed by atoms with E-state index in [1.54, 1.807) is 12.2 Å². The summed E-state index contributed by atoms with van der Waals surface area (Å²) in [6.45, 7) is 2.82. The Kier molecular flexibility index (Phi) is 35.7. The lowest BCUT2D eigenvalue weighted by atomic mass is 9.85. The normalized spacial score (nSPS) is 21.9. The van der Waals surface area contributed by atoms with Crippen LogP contribution in [0.1, 0.15) is 149 Å². The summed E-state index contributed by atoms with van der Waals surface area (Å²) in [7, 11) is -10.8. The molecule has 1 rings (SSSR count). The molecule has 0 aromatic carbocycles. The van der Waals surface area contributed by atoms with Gasteiger partial charge in [-0.05, 0) is 76.7 Å². The van der Waals surface area contributed by atoms with Crippen LogP contribution in [-0.4, -0.2) is 109 Å².